The van der Waals surface area contributed by atoms with Crippen molar-refractivity contribution >= 4 is 41.0 Å². The lowest BCUT2D eigenvalue weighted by molar-refractivity contribution is -0.203. The summed E-state index contributed by atoms with van der Waals surface area (Å²) in [5, 5.41) is 1.05. The van der Waals surface area contributed by atoms with Crippen LogP contribution >= 0.6 is 23.2 Å². The minimum Gasteiger partial charge on any atom is -0.464 e. The van der Waals surface area contributed by atoms with Crippen LogP contribution in [0.25, 0.3) is 0 Å². The van der Waals surface area contributed by atoms with Gasteiger partial charge in [-0.15, -0.1) is 0 Å². The van der Waals surface area contributed by atoms with Gasteiger partial charge in [0.25, 0.3) is 5.91 Å². The van der Waals surface area contributed by atoms with Crippen LogP contribution in [0.1, 0.15) is 68.6 Å². The number of pyridine rings is 1. The van der Waals surface area contributed by atoms with Crippen molar-refractivity contribution in [3.05, 3.63) is 99.8 Å². The minimum atomic E-state index is -1.28. The average Bonchev–Trinajstić information content (AvgIpc) is 2.96. The Bertz CT molecular complexity index is 1340. The molecular weight excluding hydrogens is 567 g/mol. The molecule has 0 unspecified atom stereocenters. The van der Waals surface area contributed by atoms with E-state index in [1.807, 2.05) is 19.1 Å². The largest absolute Gasteiger partial charge is 0.464 e. The van der Waals surface area contributed by atoms with Gasteiger partial charge in [0.15, 0.2) is 12.2 Å². The van der Waals surface area contributed by atoms with Crippen LogP contribution in [0.5, 0.6) is 0 Å². The van der Waals surface area contributed by atoms with Gasteiger partial charge in [0, 0.05) is 29.4 Å². The summed E-state index contributed by atoms with van der Waals surface area (Å²) < 4.78 is 17.8. The third-order valence-corrected chi connectivity index (χ3v) is 7.35. The molecule has 2 heterocycles. The highest BCUT2D eigenvalue weighted by Gasteiger charge is 2.52. The molecule has 1 fully saturated rings. The van der Waals surface area contributed by atoms with Crippen molar-refractivity contribution in [1.29, 1.82) is 0 Å². The Balaban J connectivity index is 1.94. The fraction of sp³-hybridized carbons (Fsp3) is 0.355. The summed E-state index contributed by atoms with van der Waals surface area (Å²) in [4.78, 5) is 45.9. The summed E-state index contributed by atoms with van der Waals surface area (Å²) in [6.07, 6.45) is 0.892. The van der Waals surface area contributed by atoms with E-state index in [0.717, 1.165) is 0 Å². The van der Waals surface area contributed by atoms with Gasteiger partial charge in [-0.25, -0.2) is 4.79 Å². The van der Waals surface area contributed by atoms with Gasteiger partial charge < -0.3 is 19.1 Å². The average molecular weight is 600 g/mol. The number of nitrogens with zero attached hydrogens (tertiary/aromatic N) is 2. The SMILES string of the molecule is CCC[C@H](C(=O)OCC)N1C(=O)[C@H]([C@H](OC(C)=O)c2ccncc2)O[C@@H](c2ccc(Cl)cc2)[C@H]1c1ccc(Cl)cc1. The molecule has 0 N–H and O–H groups in total. The normalized spacial score (nSPS) is 20.3. The van der Waals surface area contributed by atoms with E-state index in [1.165, 1.54) is 11.8 Å². The third kappa shape index (κ3) is 7.07. The zero-order valence-corrected chi connectivity index (χ0v) is 24.5. The first kappa shape index (κ1) is 30.5. The van der Waals surface area contributed by atoms with Gasteiger partial charge in [-0.1, -0.05) is 60.8 Å². The maximum Gasteiger partial charge on any atom is 0.328 e. The predicted octanol–water partition coefficient (Wildman–Crippen LogP) is 6.43. The first-order valence-electron chi connectivity index (χ1n) is 13.5. The van der Waals surface area contributed by atoms with Crippen molar-refractivity contribution in [2.45, 2.75) is 64.0 Å². The first-order valence-corrected chi connectivity index (χ1v) is 14.2. The molecule has 216 valence electrons. The molecule has 2 aromatic carbocycles. The van der Waals surface area contributed by atoms with Gasteiger partial charge in [0.05, 0.1) is 12.6 Å². The second-order valence-electron chi connectivity index (χ2n) is 9.64. The monoisotopic (exact) mass is 598 g/mol. The lowest BCUT2D eigenvalue weighted by Gasteiger charge is -2.48. The molecular formula is C31H32Cl2N2O6. The molecule has 1 aromatic heterocycles. The number of benzene rings is 2. The lowest BCUT2D eigenvalue weighted by atomic mass is 9.88. The van der Waals surface area contributed by atoms with Crippen molar-refractivity contribution < 1.29 is 28.6 Å². The van der Waals surface area contributed by atoms with E-state index in [1.54, 1.807) is 67.8 Å². The molecule has 1 saturated heterocycles. The van der Waals surface area contributed by atoms with Crippen LogP contribution < -0.4 is 0 Å². The maximum absolute atomic E-state index is 14.6. The van der Waals surface area contributed by atoms with Crippen LogP contribution in [-0.4, -0.2) is 46.5 Å². The molecule has 0 bridgehead atoms. The van der Waals surface area contributed by atoms with Gasteiger partial charge in [-0.05, 0) is 66.4 Å². The van der Waals surface area contributed by atoms with Crippen LogP contribution in [0, 0.1) is 0 Å². The van der Waals surface area contributed by atoms with Crippen molar-refractivity contribution in [3.8, 4) is 0 Å². The first-order chi connectivity index (χ1) is 19.7. The Kier molecular flexibility index (Phi) is 10.4. The van der Waals surface area contributed by atoms with Crippen molar-refractivity contribution in [2.75, 3.05) is 6.61 Å². The van der Waals surface area contributed by atoms with Gasteiger partial charge >= 0.3 is 11.9 Å². The topological polar surface area (TPSA) is 95.0 Å². The number of amides is 1. The third-order valence-electron chi connectivity index (χ3n) is 6.85. The second kappa shape index (κ2) is 13.9. The molecule has 3 aromatic rings. The van der Waals surface area contributed by atoms with Crippen molar-refractivity contribution in [1.82, 2.24) is 9.88 Å². The highest BCUT2D eigenvalue weighted by molar-refractivity contribution is 6.30. The number of hydrogen-bond acceptors (Lipinski definition) is 7. The standard InChI is InChI=1S/C31H32Cl2N2O6/c1-4-6-25(31(38)39-5-2)35-26(20-7-11-23(32)12-8-20)27(21-9-13-24(33)14-10-21)41-29(30(35)37)28(40-19(3)36)22-15-17-34-18-16-22/h7-18,25-29H,4-6H2,1-3H3/t25-,26-,27+,28-,29+/m1/s1. The molecule has 0 spiro atoms. The number of hydrogen-bond donors (Lipinski definition) is 0. The van der Waals surface area contributed by atoms with Crippen molar-refractivity contribution in [3.63, 3.8) is 0 Å². The quantitative estimate of drug-likeness (QED) is 0.248. The molecule has 41 heavy (non-hydrogen) atoms. The van der Waals surface area contributed by atoms with E-state index in [0.29, 0.717) is 39.6 Å². The van der Waals surface area contributed by atoms with Gasteiger partial charge in [0.2, 0.25) is 0 Å². The highest BCUT2D eigenvalue weighted by Crippen LogP contribution is 2.46. The molecule has 1 amide bonds. The number of morpholine rings is 1. The fourth-order valence-electron chi connectivity index (χ4n) is 5.10. The van der Waals surface area contributed by atoms with Gasteiger partial charge in [-0.3, -0.25) is 14.6 Å². The molecule has 5 atom stereocenters. The van der Waals surface area contributed by atoms with Crippen molar-refractivity contribution in [2.24, 2.45) is 0 Å². The Morgan fingerprint density at radius 2 is 1.54 bits per heavy atom. The lowest BCUT2D eigenvalue weighted by Crippen LogP contribution is -2.58. The summed E-state index contributed by atoms with van der Waals surface area (Å²) in [6.45, 7) is 5.07. The van der Waals surface area contributed by atoms with E-state index in [-0.39, 0.29) is 6.61 Å². The number of esters is 2. The molecule has 1 aliphatic heterocycles. The van der Waals surface area contributed by atoms with E-state index >= 15 is 0 Å². The molecule has 0 radical (unpaired) electrons. The van der Waals surface area contributed by atoms with Crippen LogP contribution in [0.4, 0.5) is 0 Å². The molecule has 0 saturated carbocycles. The molecule has 1 aliphatic rings. The number of ether oxygens (including phenoxy) is 3. The summed E-state index contributed by atoms with van der Waals surface area (Å²) in [5.74, 6) is -1.62. The number of rotatable bonds is 10. The summed E-state index contributed by atoms with van der Waals surface area (Å²) in [6, 6.07) is 15.8. The Hall–Kier alpha value is -3.46. The minimum absolute atomic E-state index is 0.153. The maximum atomic E-state index is 14.6. The van der Waals surface area contributed by atoms with E-state index in [2.05, 4.69) is 4.98 Å². The number of carbonyl (C=O) groups is 3. The number of halogens is 2. The molecule has 4 rings (SSSR count). The van der Waals surface area contributed by atoms with E-state index in [9.17, 15) is 14.4 Å². The predicted molar refractivity (Wildman–Crippen MR) is 154 cm³/mol. The summed E-state index contributed by atoms with van der Waals surface area (Å²) >= 11 is 12.4. The Labute approximate surface area is 249 Å². The highest BCUT2D eigenvalue weighted by atomic mass is 35.5. The van der Waals surface area contributed by atoms with Crippen LogP contribution in [-0.2, 0) is 28.6 Å². The van der Waals surface area contributed by atoms with E-state index < -0.39 is 48.2 Å². The number of carbonyl (C=O) groups excluding carboxylic acids is 3. The second-order valence-corrected chi connectivity index (χ2v) is 10.5. The summed E-state index contributed by atoms with van der Waals surface area (Å²) in [7, 11) is 0. The number of aromatic nitrogens is 1. The smallest absolute Gasteiger partial charge is 0.328 e. The molecule has 10 heteroatoms. The molecule has 8 nitrogen and oxygen atoms in total. The zero-order valence-electron chi connectivity index (χ0n) is 23.0. The van der Waals surface area contributed by atoms with Gasteiger partial charge in [-0.2, -0.15) is 0 Å². The van der Waals surface area contributed by atoms with E-state index in [4.69, 9.17) is 37.4 Å². The van der Waals surface area contributed by atoms with Gasteiger partial charge in [0.1, 0.15) is 12.1 Å². The summed E-state index contributed by atoms with van der Waals surface area (Å²) in [5.41, 5.74) is 1.95. The van der Waals surface area contributed by atoms with Crippen LogP contribution in [0.2, 0.25) is 10.0 Å². The fourth-order valence-corrected chi connectivity index (χ4v) is 5.35. The van der Waals surface area contributed by atoms with Crippen LogP contribution in [0.3, 0.4) is 0 Å². The Morgan fingerprint density at radius 1 is 0.951 bits per heavy atom. The molecule has 0 aliphatic carbocycles. The van der Waals surface area contributed by atoms with Crippen LogP contribution in [0.15, 0.2) is 73.1 Å². The zero-order chi connectivity index (χ0) is 29.5. The Morgan fingerprint density at radius 3 is 2.07 bits per heavy atom.